The number of amides is 1. The van der Waals surface area contributed by atoms with Gasteiger partial charge in [0.1, 0.15) is 11.6 Å². The van der Waals surface area contributed by atoms with Crippen LogP contribution in [0.15, 0.2) is 30.5 Å². The van der Waals surface area contributed by atoms with Crippen LogP contribution >= 0.6 is 11.6 Å². The van der Waals surface area contributed by atoms with Crippen LogP contribution < -0.4 is 15.8 Å². The number of nitrogens with one attached hydrogen (secondary N) is 1. The van der Waals surface area contributed by atoms with Crippen LogP contribution in [0.3, 0.4) is 0 Å². The molecule has 0 spiro atoms. The lowest BCUT2D eigenvalue weighted by Crippen LogP contribution is -2.14. The van der Waals surface area contributed by atoms with E-state index in [0.29, 0.717) is 22.8 Å². The zero-order valence-corrected chi connectivity index (χ0v) is 10.8. The van der Waals surface area contributed by atoms with Crippen molar-refractivity contribution >= 4 is 29.0 Å². The van der Waals surface area contributed by atoms with Crippen molar-refractivity contribution in [3.63, 3.8) is 0 Å². The minimum absolute atomic E-state index is 0.0575. The number of hydrogen-bond donors (Lipinski definition) is 2. The van der Waals surface area contributed by atoms with Crippen molar-refractivity contribution in [2.45, 2.75) is 0 Å². The Morgan fingerprint density at radius 1 is 1.42 bits per heavy atom. The molecule has 2 aromatic rings. The first-order chi connectivity index (χ1) is 9.10. The van der Waals surface area contributed by atoms with E-state index in [2.05, 4.69) is 15.3 Å². The summed E-state index contributed by atoms with van der Waals surface area (Å²) < 4.78 is 5.11. The molecule has 1 aromatic carbocycles. The van der Waals surface area contributed by atoms with Crippen LogP contribution in [-0.4, -0.2) is 23.0 Å². The SMILES string of the molecule is COc1cc(N)ccc1C(=O)Nc1ccnc(Cl)n1. The van der Waals surface area contributed by atoms with Crippen molar-refractivity contribution in [3.05, 3.63) is 41.3 Å². The van der Waals surface area contributed by atoms with Gasteiger partial charge in [-0.05, 0) is 29.8 Å². The molecule has 6 nitrogen and oxygen atoms in total. The molecule has 1 amide bonds. The predicted molar refractivity (Wildman–Crippen MR) is 72.4 cm³/mol. The average Bonchev–Trinajstić information content (AvgIpc) is 2.38. The lowest BCUT2D eigenvalue weighted by Gasteiger charge is -2.09. The molecule has 19 heavy (non-hydrogen) atoms. The van der Waals surface area contributed by atoms with Crippen LogP contribution in [-0.2, 0) is 0 Å². The highest BCUT2D eigenvalue weighted by Crippen LogP contribution is 2.22. The maximum Gasteiger partial charge on any atom is 0.260 e. The number of hydrogen-bond acceptors (Lipinski definition) is 5. The van der Waals surface area contributed by atoms with Gasteiger partial charge < -0.3 is 15.8 Å². The van der Waals surface area contributed by atoms with Crippen LogP contribution in [0.5, 0.6) is 5.75 Å². The second kappa shape index (κ2) is 5.53. The third-order valence-electron chi connectivity index (χ3n) is 2.34. The fraction of sp³-hybridized carbons (Fsp3) is 0.0833. The van der Waals surface area contributed by atoms with Crippen LogP contribution in [0.1, 0.15) is 10.4 Å². The summed E-state index contributed by atoms with van der Waals surface area (Å²) in [7, 11) is 1.47. The fourth-order valence-corrected chi connectivity index (χ4v) is 1.63. The molecule has 7 heteroatoms. The lowest BCUT2D eigenvalue weighted by molar-refractivity contribution is 0.102. The van der Waals surface area contributed by atoms with Crippen LogP contribution in [0, 0.1) is 0 Å². The Labute approximate surface area is 114 Å². The Morgan fingerprint density at radius 2 is 2.21 bits per heavy atom. The Balaban J connectivity index is 2.25. The van der Waals surface area contributed by atoms with Crippen molar-refractivity contribution in [1.29, 1.82) is 0 Å². The van der Waals surface area contributed by atoms with Crippen molar-refractivity contribution < 1.29 is 9.53 Å². The summed E-state index contributed by atoms with van der Waals surface area (Å²) in [4.78, 5) is 19.7. The Kier molecular flexibility index (Phi) is 3.82. The van der Waals surface area contributed by atoms with E-state index >= 15 is 0 Å². The first kappa shape index (κ1) is 13.1. The third-order valence-corrected chi connectivity index (χ3v) is 2.52. The number of nitrogens with zero attached hydrogens (tertiary/aromatic N) is 2. The largest absolute Gasteiger partial charge is 0.496 e. The fourth-order valence-electron chi connectivity index (χ4n) is 1.48. The topological polar surface area (TPSA) is 90.1 Å². The molecule has 0 atom stereocenters. The van der Waals surface area contributed by atoms with Crippen molar-refractivity contribution in [2.75, 3.05) is 18.2 Å². The van der Waals surface area contributed by atoms with Crippen molar-refractivity contribution in [3.8, 4) is 5.75 Å². The molecule has 1 aromatic heterocycles. The lowest BCUT2D eigenvalue weighted by atomic mass is 10.1. The number of halogens is 1. The molecular formula is C12H11ClN4O2. The number of rotatable bonds is 3. The average molecular weight is 279 g/mol. The van der Waals surface area contributed by atoms with Gasteiger partial charge >= 0.3 is 0 Å². The highest BCUT2D eigenvalue weighted by atomic mass is 35.5. The van der Waals surface area contributed by atoms with Crippen LogP contribution in [0.25, 0.3) is 0 Å². The second-order valence-corrected chi connectivity index (χ2v) is 3.96. The Morgan fingerprint density at radius 3 is 2.89 bits per heavy atom. The van der Waals surface area contributed by atoms with Gasteiger partial charge in [0.15, 0.2) is 0 Å². The molecule has 2 rings (SSSR count). The summed E-state index contributed by atoms with van der Waals surface area (Å²) >= 11 is 5.64. The molecule has 0 aliphatic rings. The van der Waals surface area contributed by atoms with Gasteiger partial charge in [0.25, 0.3) is 5.91 Å². The predicted octanol–water partition coefficient (Wildman–Crippen LogP) is 1.97. The summed E-state index contributed by atoms with van der Waals surface area (Å²) in [5.41, 5.74) is 6.49. The number of nitrogens with two attached hydrogens (primary N) is 1. The highest BCUT2D eigenvalue weighted by Gasteiger charge is 2.13. The van der Waals surface area contributed by atoms with Crippen LogP contribution in [0.2, 0.25) is 5.28 Å². The Hall–Kier alpha value is -2.34. The smallest absolute Gasteiger partial charge is 0.260 e. The molecule has 3 N–H and O–H groups in total. The monoisotopic (exact) mass is 278 g/mol. The van der Waals surface area contributed by atoms with Gasteiger partial charge in [0.2, 0.25) is 5.28 Å². The van der Waals surface area contributed by atoms with Gasteiger partial charge in [-0.15, -0.1) is 0 Å². The number of carbonyl (C=O) groups excluding carboxylic acids is 1. The van der Waals surface area contributed by atoms with E-state index in [0.717, 1.165) is 0 Å². The zero-order valence-electron chi connectivity index (χ0n) is 10.1. The molecular weight excluding hydrogens is 268 g/mol. The summed E-state index contributed by atoms with van der Waals surface area (Å²) in [5, 5.41) is 2.66. The Bertz CT molecular complexity index is 618. The van der Waals surface area contributed by atoms with E-state index in [4.69, 9.17) is 22.1 Å². The van der Waals surface area contributed by atoms with Gasteiger partial charge in [0, 0.05) is 18.0 Å². The van der Waals surface area contributed by atoms with E-state index in [9.17, 15) is 4.79 Å². The third kappa shape index (κ3) is 3.11. The first-order valence-corrected chi connectivity index (χ1v) is 5.71. The standard InChI is InChI=1S/C12H11ClN4O2/c1-19-9-6-7(14)2-3-8(9)11(18)16-10-4-5-15-12(13)17-10/h2-6H,14H2,1H3,(H,15,16,17,18). The molecule has 1 heterocycles. The normalized spacial score (nSPS) is 10.0. The summed E-state index contributed by atoms with van der Waals surface area (Å²) in [6.07, 6.45) is 1.45. The van der Waals surface area contributed by atoms with E-state index in [1.807, 2.05) is 0 Å². The molecule has 0 radical (unpaired) electrons. The summed E-state index contributed by atoms with van der Waals surface area (Å²) in [5.74, 6) is 0.327. The van der Waals surface area contributed by atoms with E-state index in [1.54, 1.807) is 18.2 Å². The molecule has 0 aliphatic carbocycles. The number of ether oxygens (including phenoxy) is 1. The van der Waals surface area contributed by atoms with Gasteiger partial charge in [-0.1, -0.05) is 0 Å². The van der Waals surface area contributed by atoms with Gasteiger partial charge in [-0.25, -0.2) is 9.97 Å². The van der Waals surface area contributed by atoms with Crippen molar-refractivity contribution in [1.82, 2.24) is 9.97 Å². The van der Waals surface area contributed by atoms with E-state index in [-0.39, 0.29) is 11.2 Å². The quantitative estimate of drug-likeness (QED) is 0.662. The van der Waals surface area contributed by atoms with Crippen LogP contribution in [0.4, 0.5) is 11.5 Å². The number of carbonyl (C=O) groups is 1. The molecule has 0 saturated heterocycles. The van der Waals surface area contributed by atoms with Gasteiger partial charge in [-0.2, -0.15) is 0 Å². The van der Waals surface area contributed by atoms with Crippen molar-refractivity contribution in [2.24, 2.45) is 0 Å². The second-order valence-electron chi connectivity index (χ2n) is 3.62. The molecule has 0 bridgehead atoms. The summed E-state index contributed by atoms with van der Waals surface area (Å²) in [6.45, 7) is 0. The highest BCUT2D eigenvalue weighted by molar-refractivity contribution is 6.28. The number of methoxy groups -OCH3 is 1. The zero-order chi connectivity index (χ0) is 13.8. The first-order valence-electron chi connectivity index (χ1n) is 5.33. The maximum absolute atomic E-state index is 12.1. The van der Waals surface area contributed by atoms with E-state index in [1.165, 1.54) is 19.4 Å². The van der Waals surface area contributed by atoms with E-state index < -0.39 is 0 Å². The molecule has 0 unspecified atom stereocenters. The maximum atomic E-state index is 12.1. The molecule has 98 valence electrons. The molecule has 0 aliphatic heterocycles. The number of aromatic nitrogens is 2. The number of benzene rings is 1. The molecule has 0 saturated carbocycles. The minimum Gasteiger partial charge on any atom is -0.496 e. The molecule has 0 fully saturated rings. The van der Waals surface area contributed by atoms with Gasteiger partial charge in [-0.3, -0.25) is 4.79 Å². The summed E-state index contributed by atoms with van der Waals surface area (Å²) in [6, 6.07) is 6.30. The van der Waals surface area contributed by atoms with Gasteiger partial charge in [0.05, 0.1) is 12.7 Å². The number of anilines is 2. The minimum atomic E-state index is -0.369. The number of nitrogen functional groups attached to an aromatic ring is 1.